The van der Waals surface area contributed by atoms with Gasteiger partial charge in [-0.15, -0.1) is 0 Å². The van der Waals surface area contributed by atoms with E-state index in [0.717, 1.165) is 27.8 Å². The number of rotatable bonds is 5. The second-order valence-electron chi connectivity index (χ2n) is 7.46. The molecular formula is C23H22FN5O2. The van der Waals surface area contributed by atoms with E-state index < -0.39 is 0 Å². The van der Waals surface area contributed by atoms with Gasteiger partial charge in [-0.3, -0.25) is 4.98 Å². The summed E-state index contributed by atoms with van der Waals surface area (Å²) in [5, 5.41) is 7.71. The van der Waals surface area contributed by atoms with Gasteiger partial charge in [-0.05, 0) is 71.7 Å². The van der Waals surface area contributed by atoms with E-state index in [4.69, 9.17) is 4.74 Å². The first-order valence-corrected chi connectivity index (χ1v) is 9.79. The van der Waals surface area contributed by atoms with Crippen molar-refractivity contribution in [2.75, 3.05) is 0 Å². The number of ether oxygens (including phenoxy) is 1. The fourth-order valence-electron chi connectivity index (χ4n) is 3.47. The van der Waals surface area contributed by atoms with E-state index in [1.54, 1.807) is 13.1 Å². The fraction of sp³-hybridized carbons (Fsp3) is 0.217. The standard InChI is InChI=1S/C23H22FN5O2/c1-14-6-5-7-21(29-23(30)28(4)26-27-29)22(14)31-13-17-10-16(3)19(11-15(17)2)20-12-18(24)8-9-25-20/h5-12H,13H2,1-4H3. The fourth-order valence-corrected chi connectivity index (χ4v) is 3.47. The minimum absolute atomic E-state index is 0.302. The Morgan fingerprint density at radius 3 is 2.52 bits per heavy atom. The van der Waals surface area contributed by atoms with Crippen LogP contribution in [0.15, 0.2) is 53.5 Å². The molecule has 4 rings (SSSR count). The van der Waals surface area contributed by atoms with Crippen molar-refractivity contribution in [2.45, 2.75) is 27.4 Å². The number of hydrogen-bond acceptors (Lipinski definition) is 5. The van der Waals surface area contributed by atoms with Crippen LogP contribution in [0.5, 0.6) is 5.75 Å². The molecule has 0 amide bonds. The van der Waals surface area contributed by atoms with Crippen molar-refractivity contribution in [3.8, 4) is 22.7 Å². The number of aromatic nitrogens is 5. The molecule has 0 saturated carbocycles. The van der Waals surface area contributed by atoms with Gasteiger partial charge in [-0.25, -0.2) is 9.18 Å². The SMILES string of the molecule is Cc1cc(-c2cc(F)ccn2)c(C)cc1COc1c(C)cccc1-n1nnn(C)c1=O. The monoisotopic (exact) mass is 419 g/mol. The number of para-hydroxylation sites is 1. The predicted octanol–water partition coefficient (Wildman–Crippen LogP) is 3.67. The van der Waals surface area contributed by atoms with E-state index in [0.29, 0.717) is 23.7 Å². The zero-order valence-electron chi connectivity index (χ0n) is 17.8. The molecule has 0 saturated heterocycles. The van der Waals surface area contributed by atoms with Crippen LogP contribution >= 0.6 is 0 Å². The number of aryl methyl sites for hydroxylation is 4. The highest BCUT2D eigenvalue weighted by molar-refractivity contribution is 5.65. The van der Waals surface area contributed by atoms with Crippen molar-refractivity contribution in [3.63, 3.8) is 0 Å². The van der Waals surface area contributed by atoms with Gasteiger partial charge in [0.1, 0.15) is 23.9 Å². The Morgan fingerprint density at radius 1 is 1.00 bits per heavy atom. The Hall–Kier alpha value is -3.81. The Balaban J connectivity index is 1.66. The van der Waals surface area contributed by atoms with Crippen LogP contribution < -0.4 is 10.4 Å². The van der Waals surface area contributed by atoms with Crippen LogP contribution in [0.4, 0.5) is 4.39 Å². The Labute approximate surface area is 178 Å². The lowest BCUT2D eigenvalue weighted by atomic mass is 9.98. The van der Waals surface area contributed by atoms with Crippen molar-refractivity contribution in [3.05, 3.63) is 87.2 Å². The van der Waals surface area contributed by atoms with E-state index in [1.807, 2.05) is 45.0 Å². The third-order valence-corrected chi connectivity index (χ3v) is 5.19. The van der Waals surface area contributed by atoms with Gasteiger partial charge in [-0.2, -0.15) is 9.36 Å². The van der Waals surface area contributed by atoms with E-state index in [-0.39, 0.29) is 11.5 Å². The first-order chi connectivity index (χ1) is 14.8. The topological polar surface area (TPSA) is 74.8 Å². The van der Waals surface area contributed by atoms with Gasteiger partial charge in [-0.1, -0.05) is 18.2 Å². The molecule has 0 bridgehead atoms. The molecular weight excluding hydrogens is 397 g/mol. The van der Waals surface area contributed by atoms with Gasteiger partial charge in [0.05, 0.1) is 5.69 Å². The van der Waals surface area contributed by atoms with Gasteiger partial charge >= 0.3 is 5.69 Å². The Morgan fingerprint density at radius 2 is 1.81 bits per heavy atom. The van der Waals surface area contributed by atoms with E-state index in [2.05, 4.69) is 15.4 Å². The van der Waals surface area contributed by atoms with Crippen LogP contribution in [0, 0.1) is 26.6 Å². The number of halogens is 1. The van der Waals surface area contributed by atoms with Crippen LogP contribution in [-0.2, 0) is 13.7 Å². The molecule has 0 radical (unpaired) electrons. The smallest absolute Gasteiger partial charge is 0.368 e. The summed E-state index contributed by atoms with van der Waals surface area (Å²) in [4.78, 5) is 16.6. The second kappa shape index (κ2) is 8.14. The molecule has 2 aromatic carbocycles. The summed E-state index contributed by atoms with van der Waals surface area (Å²) >= 11 is 0. The largest absolute Gasteiger partial charge is 0.486 e. The first-order valence-electron chi connectivity index (χ1n) is 9.79. The van der Waals surface area contributed by atoms with Crippen molar-refractivity contribution >= 4 is 0 Å². The lowest BCUT2D eigenvalue weighted by molar-refractivity contribution is 0.301. The van der Waals surface area contributed by atoms with Crippen molar-refractivity contribution in [1.82, 2.24) is 24.8 Å². The predicted molar refractivity (Wildman–Crippen MR) is 115 cm³/mol. The van der Waals surface area contributed by atoms with Crippen LogP contribution in [-0.4, -0.2) is 24.8 Å². The summed E-state index contributed by atoms with van der Waals surface area (Å²) in [5.41, 5.74) is 5.49. The average Bonchev–Trinajstić information content (AvgIpc) is 3.07. The number of benzene rings is 2. The minimum Gasteiger partial charge on any atom is -0.486 e. The number of pyridine rings is 1. The van der Waals surface area contributed by atoms with Crippen LogP contribution in [0.2, 0.25) is 0 Å². The molecule has 0 aliphatic carbocycles. The molecule has 31 heavy (non-hydrogen) atoms. The third kappa shape index (κ3) is 3.96. The average molecular weight is 419 g/mol. The van der Waals surface area contributed by atoms with Crippen LogP contribution in [0.25, 0.3) is 16.9 Å². The summed E-state index contributed by atoms with van der Waals surface area (Å²) in [7, 11) is 1.54. The number of tetrazole rings is 1. The number of nitrogens with zero attached hydrogens (tertiary/aromatic N) is 5. The normalized spacial score (nSPS) is 11.0. The van der Waals surface area contributed by atoms with Gasteiger partial charge in [0, 0.05) is 24.9 Å². The summed E-state index contributed by atoms with van der Waals surface area (Å²) < 4.78 is 22.2. The van der Waals surface area contributed by atoms with Crippen molar-refractivity contribution in [2.24, 2.45) is 7.05 Å². The molecule has 0 aliphatic rings. The minimum atomic E-state index is -0.352. The maximum absolute atomic E-state index is 13.6. The molecule has 0 unspecified atom stereocenters. The molecule has 0 spiro atoms. The van der Waals surface area contributed by atoms with Gasteiger partial charge in [0.2, 0.25) is 0 Å². The molecule has 0 fully saturated rings. The molecule has 0 atom stereocenters. The van der Waals surface area contributed by atoms with Gasteiger partial charge in [0.25, 0.3) is 0 Å². The third-order valence-electron chi connectivity index (χ3n) is 5.19. The number of hydrogen-bond donors (Lipinski definition) is 0. The lowest BCUT2D eigenvalue weighted by Crippen LogP contribution is -2.22. The maximum atomic E-state index is 13.6. The van der Waals surface area contributed by atoms with E-state index in [9.17, 15) is 9.18 Å². The summed E-state index contributed by atoms with van der Waals surface area (Å²) in [6, 6.07) is 12.3. The summed E-state index contributed by atoms with van der Waals surface area (Å²) in [6.07, 6.45) is 1.46. The van der Waals surface area contributed by atoms with Crippen molar-refractivity contribution in [1.29, 1.82) is 0 Å². The van der Waals surface area contributed by atoms with E-state index in [1.165, 1.54) is 27.7 Å². The molecule has 7 nitrogen and oxygen atoms in total. The molecule has 0 N–H and O–H groups in total. The Kier molecular flexibility index (Phi) is 5.37. The highest BCUT2D eigenvalue weighted by Crippen LogP contribution is 2.29. The molecule has 4 aromatic rings. The van der Waals surface area contributed by atoms with Gasteiger partial charge < -0.3 is 4.74 Å². The zero-order valence-corrected chi connectivity index (χ0v) is 17.8. The zero-order chi connectivity index (χ0) is 22.1. The highest BCUT2D eigenvalue weighted by Gasteiger charge is 2.15. The van der Waals surface area contributed by atoms with E-state index >= 15 is 0 Å². The molecule has 2 aromatic heterocycles. The lowest BCUT2D eigenvalue weighted by Gasteiger charge is -2.16. The maximum Gasteiger partial charge on any atom is 0.368 e. The molecule has 2 heterocycles. The molecule has 0 aliphatic heterocycles. The van der Waals surface area contributed by atoms with Crippen LogP contribution in [0.1, 0.15) is 22.3 Å². The highest BCUT2D eigenvalue weighted by atomic mass is 19.1. The quantitative estimate of drug-likeness (QED) is 0.493. The summed E-state index contributed by atoms with van der Waals surface area (Å²) in [6.45, 7) is 6.16. The molecule has 158 valence electrons. The van der Waals surface area contributed by atoms with Gasteiger partial charge in [0.15, 0.2) is 0 Å². The molecule has 8 heteroatoms. The van der Waals surface area contributed by atoms with Crippen LogP contribution in [0.3, 0.4) is 0 Å². The van der Waals surface area contributed by atoms with Crippen molar-refractivity contribution < 1.29 is 9.13 Å². The Bertz CT molecular complexity index is 1330. The first kappa shape index (κ1) is 20.5. The summed E-state index contributed by atoms with van der Waals surface area (Å²) in [5.74, 6) is 0.249. The second-order valence-corrected chi connectivity index (χ2v) is 7.46.